The Kier molecular flexibility index (Phi) is 7.18. The predicted octanol–water partition coefficient (Wildman–Crippen LogP) is 7.83. The fourth-order valence-corrected chi connectivity index (χ4v) is 9.05. The lowest BCUT2D eigenvalue weighted by molar-refractivity contribution is -0.146. The van der Waals surface area contributed by atoms with Crippen molar-refractivity contribution in [2.24, 2.45) is 40.2 Å². The van der Waals surface area contributed by atoms with Crippen molar-refractivity contribution in [3.8, 4) is 0 Å². The summed E-state index contributed by atoms with van der Waals surface area (Å²) in [5.41, 5.74) is 10.2. The number of carbonyl (C=O) groups excluding carboxylic acids is 1. The number of esters is 1. The van der Waals surface area contributed by atoms with Crippen molar-refractivity contribution in [1.29, 1.82) is 0 Å². The van der Waals surface area contributed by atoms with E-state index in [1.807, 2.05) is 12.2 Å². The molecular formula is C33H49NO2. The lowest BCUT2D eigenvalue weighted by atomic mass is 9.44. The third-order valence-electron chi connectivity index (χ3n) is 11.1. The Morgan fingerprint density at radius 3 is 2.67 bits per heavy atom. The van der Waals surface area contributed by atoms with Gasteiger partial charge in [-0.05, 0) is 105 Å². The summed E-state index contributed by atoms with van der Waals surface area (Å²) in [6.07, 6.45) is 26.8. The number of ether oxygens (including phenoxy) is 1. The van der Waals surface area contributed by atoms with Crippen LogP contribution in [0.4, 0.5) is 0 Å². The number of nitrogens with two attached hydrogens (primary N) is 1. The first-order valence-corrected chi connectivity index (χ1v) is 14.9. The monoisotopic (exact) mass is 491 g/mol. The smallest absolute Gasteiger partial charge is 0.338 e. The van der Waals surface area contributed by atoms with Crippen LogP contribution in [0.15, 0.2) is 47.6 Å². The zero-order valence-corrected chi connectivity index (χ0v) is 23.2. The van der Waals surface area contributed by atoms with Crippen LogP contribution in [0.5, 0.6) is 0 Å². The van der Waals surface area contributed by atoms with Crippen molar-refractivity contribution in [2.75, 3.05) is 0 Å². The Bertz CT molecular complexity index is 972. The van der Waals surface area contributed by atoms with Crippen molar-refractivity contribution >= 4 is 5.97 Å². The maximum atomic E-state index is 12.7. The second-order valence-electron chi connectivity index (χ2n) is 13.6. The molecule has 198 valence electrons. The maximum Gasteiger partial charge on any atom is 0.338 e. The molecule has 0 saturated heterocycles. The average Bonchev–Trinajstić information content (AvgIpc) is 3.20. The van der Waals surface area contributed by atoms with Gasteiger partial charge in [0.1, 0.15) is 6.10 Å². The summed E-state index contributed by atoms with van der Waals surface area (Å²) >= 11 is 0. The Labute approximate surface area is 219 Å². The van der Waals surface area contributed by atoms with Crippen LogP contribution in [0.3, 0.4) is 0 Å². The third-order valence-corrected chi connectivity index (χ3v) is 11.1. The van der Waals surface area contributed by atoms with Gasteiger partial charge in [-0.25, -0.2) is 4.79 Å². The first-order valence-electron chi connectivity index (χ1n) is 14.9. The second kappa shape index (κ2) is 9.93. The van der Waals surface area contributed by atoms with Gasteiger partial charge in [0, 0.05) is 12.0 Å². The van der Waals surface area contributed by atoms with Crippen LogP contribution in [0.1, 0.15) is 105 Å². The zero-order valence-electron chi connectivity index (χ0n) is 23.2. The molecule has 36 heavy (non-hydrogen) atoms. The molecule has 0 bridgehead atoms. The molecule has 0 aromatic rings. The van der Waals surface area contributed by atoms with Crippen molar-refractivity contribution in [1.82, 2.24) is 0 Å². The lowest BCUT2D eigenvalue weighted by Gasteiger charge is -2.63. The first-order chi connectivity index (χ1) is 17.2. The van der Waals surface area contributed by atoms with Gasteiger partial charge in [0.05, 0.1) is 5.57 Å². The number of fused-ring (bicyclic) bond motifs is 5. The van der Waals surface area contributed by atoms with E-state index in [0.29, 0.717) is 17.3 Å². The maximum absolute atomic E-state index is 12.7. The molecular weight excluding hydrogens is 442 g/mol. The minimum absolute atomic E-state index is 0.000620. The van der Waals surface area contributed by atoms with Crippen LogP contribution in [0.25, 0.3) is 0 Å². The molecule has 3 fully saturated rings. The molecule has 0 aromatic heterocycles. The largest absolute Gasteiger partial charge is 0.458 e. The summed E-state index contributed by atoms with van der Waals surface area (Å²) in [4.78, 5) is 12.7. The number of hydrogen-bond donors (Lipinski definition) is 1. The van der Waals surface area contributed by atoms with Crippen LogP contribution >= 0.6 is 0 Å². The van der Waals surface area contributed by atoms with Gasteiger partial charge in [0.25, 0.3) is 0 Å². The van der Waals surface area contributed by atoms with Gasteiger partial charge in [0.15, 0.2) is 0 Å². The normalized spacial score (nSPS) is 41.9. The van der Waals surface area contributed by atoms with E-state index in [1.165, 1.54) is 44.1 Å². The molecule has 7 unspecified atom stereocenters. The molecule has 3 heteroatoms. The van der Waals surface area contributed by atoms with Gasteiger partial charge in [-0.2, -0.15) is 0 Å². The summed E-state index contributed by atoms with van der Waals surface area (Å²) in [5, 5.41) is 0. The molecule has 0 heterocycles. The highest BCUT2D eigenvalue weighted by Gasteiger charge is 2.64. The van der Waals surface area contributed by atoms with Gasteiger partial charge in [-0.1, -0.05) is 69.7 Å². The molecule has 3 saturated carbocycles. The van der Waals surface area contributed by atoms with Crippen molar-refractivity contribution in [3.63, 3.8) is 0 Å². The van der Waals surface area contributed by atoms with Crippen LogP contribution in [-0.2, 0) is 9.53 Å². The number of hydrogen-bond acceptors (Lipinski definition) is 3. The quantitative estimate of drug-likeness (QED) is 0.304. The second-order valence-corrected chi connectivity index (χ2v) is 13.6. The molecule has 3 nitrogen and oxygen atoms in total. The summed E-state index contributed by atoms with van der Waals surface area (Å²) < 4.78 is 6.01. The van der Waals surface area contributed by atoms with E-state index in [0.717, 1.165) is 55.9 Å². The summed E-state index contributed by atoms with van der Waals surface area (Å²) in [7, 11) is 0. The number of carbonyl (C=O) groups is 1. The van der Waals surface area contributed by atoms with E-state index in [9.17, 15) is 4.79 Å². The molecule has 0 aliphatic heterocycles. The third kappa shape index (κ3) is 4.48. The number of allylic oxidation sites excluding steroid dienone is 4. The Morgan fingerprint density at radius 1 is 1.08 bits per heavy atom. The molecule has 5 aliphatic carbocycles. The van der Waals surface area contributed by atoms with Crippen molar-refractivity contribution in [2.45, 2.75) is 116 Å². The van der Waals surface area contributed by atoms with E-state index >= 15 is 0 Å². The van der Waals surface area contributed by atoms with E-state index in [4.69, 9.17) is 10.5 Å². The molecule has 7 atom stereocenters. The van der Waals surface area contributed by atoms with Crippen molar-refractivity contribution < 1.29 is 9.53 Å². The summed E-state index contributed by atoms with van der Waals surface area (Å²) in [5.74, 6) is 2.52. The summed E-state index contributed by atoms with van der Waals surface area (Å²) in [6, 6.07) is 0. The highest BCUT2D eigenvalue weighted by Crippen LogP contribution is 2.67. The Hall–Kier alpha value is -1.61. The average molecular weight is 492 g/mol. The molecule has 5 rings (SSSR count). The lowest BCUT2D eigenvalue weighted by Crippen LogP contribution is -2.66. The highest BCUT2D eigenvalue weighted by atomic mass is 16.5. The van der Waals surface area contributed by atoms with Crippen LogP contribution < -0.4 is 5.73 Å². The molecule has 0 spiro atoms. The molecule has 0 amide bonds. The fraction of sp³-hybridized carbons (Fsp3) is 0.727. The molecule has 0 radical (unpaired) electrons. The van der Waals surface area contributed by atoms with Gasteiger partial charge in [-0.15, -0.1) is 0 Å². The Balaban J connectivity index is 1.29. The van der Waals surface area contributed by atoms with Gasteiger partial charge >= 0.3 is 5.97 Å². The predicted molar refractivity (Wildman–Crippen MR) is 148 cm³/mol. The van der Waals surface area contributed by atoms with E-state index in [-0.39, 0.29) is 23.0 Å². The number of rotatable bonds is 6. The minimum Gasteiger partial charge on any atom is -0.458 e. The Morgan fingerprint density at radius 2 is 1.92 bits per heavy atom. The van der Waals surface area contributed by atoms with Crippen LogP contribution in [-0.4, -0.2) is 17.6 Å². The summed E-state index contributed by atoms with van der Waals surface area (Å²) in [6.45, 7) is 9.65. The fourth-order valence-electron chi connectivity index (χ4n) is 9.05. The zero-order chi connectivity index (χ0) is 25.6. The SMILES string of the molecule is CC(C)C/C=C/CC1CCC2C1(C)CCC1C3(C)CCC(OC(=O)C4=CCCC=C4)CC3=CCC12N. The van der Waals surface area contributed by atoms with Crippen LogP contribution in [0.2, 0.25) is 0 Å². The van der Waals surface area contributed by atoms with Crippen molar-refractivity contribution in [3.05, 3.63) is 47.6 Å². The standard InChI is InChI=1S/C33H49NO2/c1-23(2)10-8-9-13-25-14-15-28-31(25,3)20-18-29-32(4)19-17-27(22-26(32)16-21-33(28,29)34)36-30(35)24-11-6-5-7-12-24/h6,8-9,11-12,16,23,25,27-29H,5,7,10,13-15,17-22,34H2,1-4H3/b9-8+. The van der Waals surface area contributed by atoms with E-state index in [1.54, 1.807) is 0 Å². The van der Waals surface area contributed by atoms with Gasteiger partial charge in [-0.3, -0.25) is 0 Å². The minimum atomic E-state index is -0.142. The van der Waals surface area contributed by atoms with Crippen LogP contribution in [0, 0.1) is 34.5 Å². The van der Waals surface area contributed by atoms with E-state index in [2.05, 4.69) is 52.0 Å². The topological polar surface area (TPSA) is 52.3 Å². The highest BCUT2D eigenvalue weighted by molar-refractivity contribution is 5.91. The van der Waals surface area contributed by atoms with Gasteiger partial charge in [0.2, 0.25) is 0 Å². The molecule has 0 aromatic carbocycles. The molecule has 5 aliphatic rings. The first kappa shape index (κ1) is 26.0. The molecule has 2 N–H and O–H groups in total. The van der Waals surface area contributed by atoms with E-state index < -0.39 is 0 Å². The van der Waals surface area contributed by atoms with Gasteiger partial charge < -0.3 is 10.5 Å².